The Balaban J connectivity index is 2.51. The standard InChI is InChI=1S/C12H17NO2/c1-3-10(13)11(14)8-15-12-7-5-4-6-9(12)2/h4-7,10H,3,8,13H2,1-2H3. The minimum Gasteiger partial charge on any atom is -0.485 e. The summed E-state index contributed by atoms with van der Waals surface area (Å²) >= 11 is 0. The summed E-state index contributed by atoms with van der Waals surface area (Å²) in [6.45, 7) is 3.88. The normalized spacial score (nSPS) is 12.2. The molecular formula is C12H17NO2. The van der Waals surface area contributed by atoms with Crippen molar-refractivity contribution >= 4 is 5.78 Å². The lowest BCUT2D eigenvalue weighted by Crippen LogP contribution is -2.33. The monoisotopic (exact) mass is 207 g/mol. The van der Waals surface area contributed by atoms with Crippen molar-refractivity contribution in [3.63, 3.8) is 0 Å². The summed E-state index contributed by atoms with van der Waals surface area (Å²) < 4.78 is 5.39. The van der Waals surface area contributed by atoms with E-state index in [2.05, 4.69) is 0 Å². The molecule has 0 radical (unpaired) electrons. The number of ether oxygens (including phenoxy) is 1. The number of aryl methyl sites for hydroxylation is 1. The zero-order valence-electron chi connectivity index (χ0n) is 9.19. The molecule has 1 aromatic rings. The summed E-state index contributed by atoms with van der Waals surface area (Å²) in [6.07, 6.45) is 0.649. The highest BCUT2D eigenvalue weighted by atomic mass is 16.5. The van der Waals surface area contributed by atoms with E-state index in [1.165, 1.54) is 0 Å². The van der Waals surface area contributed by atoms with E-state index in [0.717, 1.165) is 11.3 Å². The van der Waals surface area contributed by atoms with Gasteiger partial charge in [-0.25, -0.2) is 0 Å². The van der Waals surface area contributed by atoms with Crippen LogP contribution in [-0.4, -0.2) is 18.4 Å². The van der Waals surface area contributed by atoms with Crippen LogP contribution in [0.2, 0.25) is 0 Å². The Kier molecular flexibility index (Phi) is 4.31. The fourth-order valence-electron chi connectivity index (χ4n) is 1.20. The minimum absolute atomic E-state index is 0.0549. The topological polar surface area (TPSA) is 52.3 Å². The molecule has 0 amide bonds. The largest absolute Gasteiger partial charge is 0.485 e. The van der Waals surface area contributed by atoms with Gasteiger partial charge in [-0.3, -0.25) is 4.79 Å². The second-order valence-corrected chi connectivity index (χ2v) is 3.54. The molecule has 0 spiro atoms. The lowest BCUT2D eigenvalue weighted by atomic mass is 10.1. The Morgan fingerprint density at radius 3 is 2.73 bits per heavy atom. The number of carbonyl (C=O) groups excluding carboxylic acids is 1. The molecule has 0 bridgehead atoms. The molecule has 0 aliphatic heterocycles. The van der Waals surface area contributed by atoms with E-state index in [1.807, 2.05) is 38.1 Å². The van der Waals surface area contributed by atoms with Gasteiger partial charge in [-0.1, -0.05) is 25.1 Å². The maximum atomic E-state index is 11.4. The van der Waals surface area contributed by atoms with Crippen LogP contribution in [0, 0.1) is 6.92 Å². The van der Waals surface area contributed by atoms with Gasteiger partial charge in [-0.05, 0) is 25.0 Å². The molecule has 0 saturated carbocycles. The third-order valence-electron chi connectivity index (χ3n) is 2.32. The van der Waals surface area contributed by atoms with Crippen LogP contribution in [0.3, 0.4) is 0 Å². The zero-order chi connectivity index (χ0) is 11.3. The van der Waals surface area contributed by atoms with Gasteiger partial charge in [-0.2, -0.15) is 0 Å². The first-order valence-corrected chi connectivity index (χ1v) is 5.12. The summed E-state index contributed by atoms with van der Waals surface area (Å²) in [5.41, 5.74) is 6.61. The smallest absolute Gasteiger partial charge is 0.186 e. The van der Waals surface area contributed by atoms with E-state index < -0.39 is 6.04 Å². The fourth-order valence-corrected chi connectivity index (χ4v) is 1.20. The van der Waals surface area contributed by atoms with E-state index in [0.29, 0.717) is 6.42 Å². The summed E-state index contributed by atoms with van der Waals surface area (Å²) in [5.74, 6) is 0.690. The van der Waals surface area contributed by atoms with E-state index in [9.17, 15) is 4.79 Å². The van der Waals surface area contributed by atoms with E-state index in [-0.39, 0.29) is 12.4 Å². The van der Waals surface area contributed by atoms with Crippen molar-refractivity contribution in [2.45, 2.75) is 26.3 Å². The highest BCUT2D eigenvalue weighted by Crippen LogP contribution is 2.15. The maximum Gasteiger partial charge on any atom is 0.186 e. The van der Waals surface area contributed by atoms with E-state index in [4.69, 9.17) is 10.5 Å². The van der Waals surface area contributed by atoms with Gasteiger partial charge in [0, 0.05) is 0 Å². The third-order valence-corrected chi connectivity index (χ3v) is 2.32. The Morgan fingerprint density at radius 1 is 1.47 bits per heavy atom. The zero-order valence-corrected chi connectivity index (χ0v) is 9.19. The first-order chi connectivity index (χ1) is 7.15. The molecule has 0 fully saturated rings. The first kappa shape index (κ1) is 11.7. The Labute approximate surface area is 90.2 Å². The molecule has 1 aromatic carbocycles. The van der Waals surface area contributed by atoms with Gasteiger partial charge in [0.2, 0.25) is 0 Å². The second-order valence-electron chi connectivity index (χ2n) is 3.54. The van der Waals surface area contributed by atoms with Crippen LogP contribution in [0.4, 0.5) is 0 Å². The van der Waals surface area contributed by atoms with Gasteiger partial charge in [0.15, 0.2) is 5.78 Å². The van der Waals surface area contributed by atoms with Crippen molar-refractivity contribution in [3.05, 3.63) is 29.8 Å². The lowest BCUT2D eigenvalue weighted by molar-refractivity contribution is -0.122. The molecule has 2 N–H and O–H groups in total. The number of carbonyl (C=O) groups is 1. The van der Waals surface area contributed by atoms with Crippen molar-refractivity contribution in [1.82, 2.24) is 0 Å². The Bertz CT molecular complexity index is 336. The van der Waals surface area contributed by atoms with Crippen LogP contribution >= 0.6 is 0 Å². The third kappa shape index (κ3) is 3.36. The fraction of sp³-hybridized carbons (Fsp3) is 0.417. The van der Waals surface area contributed by atoms with Gasteiger partial charge in [0.25, 0.3) is 0 Å². The SMILES string of the molecule is CCC(N)C(=O)COc1ccccc1C. The quantitative estimate of drug-likeness (QED) is 0.799. The van der Waals surface area contributed by atoms with E-state index >= 15 is 0 Å². The summed E-state index contributed by atoms with van der Waals surface area (Å²) in [4.78, 5) is 11.4. The van der Waals surface area contributed by atoms with Crippen molar-refractivity contribution < 1.29 is 9.53 Å². The van der Waals surface area contributed by atoms with Crippen LogP contribution in [-0.2, 0) is 4.79 Å². The number of Topliss-reactive ketones (excluding diaryl/α,β-unsaturated/α-hetero) is 1. The predicted octanol–water partition coefficient (Wildman–Crippen LogP) is 1.68. The van der Waals surface area contributed by atoms with Crippen molar-refractivity contribution in [2.24, 2.45) is 5.73 Å². The molecule has 15 heavy (non-hydrogen) atoms. The van der Waals surface area contributed by atoms with Crippen molar-refractivity contribution in [2.75, 3.05) is 6.61 Å². The lowest BCUT2D eigenvalue weighted by Gasteiger charge is -2.10. The summed E-state index contributed by atoms with van der Waals surface area (Å²) in [7, 11) is 0. The molecule has 0 saturated heterocycles. The van der Waals surface area contributed by atoms with Crippen LogP contribution in [0.15, 0.2) is 24.3 Å². The number of hydrogen-bond donors (Lipinski definition) is 1. The number of ketones is 1. The molecule has 1 unspecified atom stereocenters. The average Bonchev–Trinajstić information content (AvgIpc) is 2.26. The van der Waals surface area contributed by atoms with Gasteiger partial charge in [-0.15, -0.1) is 0 Å². The Hall–Kier alpha value is -1.35. The highest BCUT2D eigenvalue weighted by Gasteiger charge is 2.11. The molecule has 0 aromatic heterocycles. The van der Waals surface area contributed by atoms with Gasteiger partial charge < -0.3 is 10.5 Å². The highest BCUT2D eigenvalue weighted by molar-refractivity contribution is 5.85. The average molecular weight is 207 g/mol. The number of hydrogen-bond acceptors (Lipinski definition) is 3. The second kappa shape index (κ2) is 5.51. The molecule has 0 aliphatic rings. The molecule has 3 heteroatoms. The molecule has 1 rings (SSSR count). The molecule has 0 heterocycles. The van der Waals surface area contributed by atoms with Crippen LogP contribution < -0.4 is 10.5 Å². The number of benzene rings is 1. The van der Waals surface area contributed by atoms with Crippen LogP contribution in [0.5, 0.6) is 5.75 Å². The minimum atomic E-state index is -0.408. The molecule has 82 valence electrons. The number of para-hydroxylation sites is 1. The molecular weight excluding hydrogens is 190 g/mol. The summed E-state index contributed by atoms with van der Waals surface area (Å²) in [6, 6.07) is 7.20. The molecule has 1 atom stereocenters. The van der Waals surface area contributed by atoms with Crippen LogP contribution in [0.1, 0.15) is 18.9 Å². The number of nitrogens with two attached hydrogens (primary N) is 1. The first-order valence-electron chi connectivity index (χ1n) is 5.12. The Morgan fingerprint density at radius 2 is 2.13 bits per heavy atom. The predicted molar refractivity (Wildman–Crippen MR) is 59.9 cm³/mol. The number of rotatable bonds is 5. The van der Waals surface area contributed by atoms with Gasteiger partial charge >= 0.3 is 0 Å². The van der Waals surface area contributed by atoms with Gasteiger partial charge in [0.05, 0.1) is 6.04 Å². The van der Waals surface area contributed by atoms with Crippen LogP contribution in [0.25, 0.3) is 0 Å². The van der Waals surface area contributed by atoms with Gasteiger partial charge in [0.1, 0.15) is 12.4 Å². The molecule has 0 aliphatic carbocycles. The molecule has 3 nitrogen and oxygen atoms in total. The van der Waals surface area contributed by atoms with E-state index in [1.54, 1.807) is 0 Å². The maximum absolute atomic E-state index is 11.4. The summed E-state index contributed by atoms with van der Waals surface area (Å²) in [5, 5.41) is 0. The van der Waals surface area contributed by atoms with Crippen molar-refractivity contribution in [3.8, 4) is 5.75 Å². The van der Waals surface area contributed by atoms with Crippen molar-refractivity contribution in [1.29, 1.82) is 0 Å².